The Hall–Kier alpha value is -3.16. The lowest BCUT2D eigenvalue weighted by Crippen LogP contribution is -2.53. The second kappa shape index (κ2) is 10.2. The number of nitrogens with zero attached hydrogens (tertiary/aromatic N) is 1. The Kier molecular flexibility index (Phi) is 7.09. The molecule has 5 rings (SSSR count). The van der Waals surface area contributed by atoms with Crippen LogP contribution in [0.25, 0.3) is 10.9 Å². The van der Waals surface area contributed by atoms with Gasteiger partial charge in [-0.2, -0.15) is 0 Å². The van der Waals surface area contributed by atoms with E-state index in [2.05, 4.69) is 24.1 Å². The van der Waals surface area contributed by atoms with Crippen LogP contribution < -0.4 is 10.1 Å². The predicted molar refractivity (Wildman–Crippen MR) is 144 cm³/mol. The Balaban J connectivity index is 1.38. The van der Waals surface area contributed by atoms with Gasteiger partial charge in [0, 0.05) is 36.2 Å². The van der Waals surface area contributed by atoms with Gasteiger partial charge in [-0.15, -0.1) is 0 Å². The van der Waals surface area contributed by atoms with Crippen LogP contribution in [0.5, 0.6) is 5.75 Å². The van der Waals surface area contributed by atoms with Gasteiger partial charge in [-0.1, -0.05) is 33.3 Å². The summed E-state index contributed by atoms with van der Waals surface area (Å²) in [7, 11) is 1.60. The first-order chi connectivity index (χ1) is 18.1. The molecule has 8 nitrogen and oxygen atoms in total. The van der Waals surface area contributed by atoms with Crippen LogP contribution in [0.3, 0.4) is 0 Å². The molecule has 5 atom stereocenters. The van der Waals surface area contributed by atoms with Gasteiger partial charge >= 0.3 is 0 Å². The maximum atomic E-state index is 13.8. The van der Waals surface area contributed by atoms with Crippen LogP contribution in [0.4, 0.5) is 0 Å². The van der Waals surface area contributed by atoms with Crippen LogP contribution in [-0.4, -0.2) is 59.0 Å². The number of methoxy groups -OCH3 is 1. The summed E-state index contributed by atoms with van der Waals surface area (Å²) < 4.78 is 5.45. The number of likely N-dealkylation sites (tertiary alicyclic amines) is 1. The minimum absolute atomic E-state index is 0.0716. The van der Waals surface area contributed by atoms with Gasteiger partial charge in [0.2, 0.25) is 5.91 Å². The van der Waals surface area contributed by atoms with Gasteiger partial charge in [0.05, 0.1) is 13.2 Å². The van der Waals surface area contributed by atoms with E-state index in [1.54, 1.807) is 25.0 Å². The Morgan fingerprint density at radius 3 is 2.71 bits per heavy atom. The summed E-state index contributed by atoms with van der Waals surface area (Å²) in [5.74, 6) is 0.386. The van der Waals surface area contributed by atoms with Crippen LogP contribution in [0, 0.1) is 23.2 Å². The standard InChI is InChI=1S/C30H39N3O5/c1-5-24(34)22(12-18-14-30(2,3)15-25(18)35)32-28(36)27-19-9-6-8-17(19)16-33(27)29(37)23-13-20-21(31-23)10-7-11-26(20)38-4/h7,10-11,13,17-19,22,27,31H,5-6,8-9,12,14-16H2,1-4H3,(H,32,36). The van der Waals surface area contributed by atoms with E-state index in [4.69, 9.17) is 4.74 Å². The fourth-order valence-corrected chi connectivity index (χ4v) is 7.17. The summed E-state index contributed by atoms with van der Waals surface area (Å²) in [6, 6.07) is 6.04. The number of carbonyl (C=O) groups is 4. The Morgan fingerprint density at radius 2 is 2.03 bits per heavy atom. The third-order valence-corrected chi connectivity index (χ3v) is 8.98. The molecule has 0 bridgehead atoms. The molecule has 5 unspecified atom stereocenters. The lowest BCUT2D eigenvalue weighted by Gasteiger charge is -2.29. The molecule has 2 heterocycles. The SMILES string of the molecule is CCC(=O)C(CC1CC(C)(C)CC1=O)NC(=O)C1C2CCCC2CN1C(=O)c1cc2c(OC)cccc2[nH]1. The molecule has 1 aliphatic heterocycles. The zero-order chi connectivity index (χ0) is 27.2. The number of benzene rings is 1. The van der Waals surface area contributed by atoms with Crippen molar-refractivity contribution in [3.63, 3.8) is 0 Å². The number of aromatic amines is 1. The van der Waals surface area contributed by atoms with Crippen molar-refractivity contribution in [1.82, 2.24) is 15.2 Å². The number of H-pyrrole nitrogens is 1. The average Bonchev–Trinajstić information content (AvgIpc) is 3.64. The molecule has 1 saturated heterocycles. The van der Waals surface area contributed by atoms with Crippen molar-refractivity contribution >= 4 is 34.3 Å². The second-order valence-corrected chi connectivity index (χ2v) is 12.2. The van der Waals surface area contributed by atoms with E-state index in [0.29, 0.717) is 30.8 Å². The number of ketones is 2. The normalized spacial score (nSPS) is 26.9. The highest BCUT2D eigenvalue weighted by Gasteiger charge is 2.50. The Bertz CT molecular complexity index is 1260. The van der Waals surface area contributed by atoms with Crippen molar-refractivity contribution < 1.29 is 23.9 Å². The van der Waals surface area contributed by atoms with Crippen molar-refractivity contribution in [3.05, 3.63) is 30.0 Å². The summed E-state index contributed by atoms with van der Waals surface area (Å²) >= 11 is 0. The predicted octanol–water partition coefficient (Wildman–Crippen LogP) is 4.28. The number of nitrogens with one attached hydrogen (secondary N) is 2. The second-order valence-electron chi connectivity index (χ2n) is 12.2. The summed E-state index contributed by atoms with van der Waals surface area (Å²) in [5, 5.41) is 3.83. The maximum absolute atomic E-state index is 13.8. The fourth-order valence-electron chi connectivity index (χ4n) is 7.17. The molecule has 204 valence electrons. The number of hydrogen-bond donors (Lipinski definition) is 2. The number of ether oxygens (including phenoxy) is 1. The summed E-state index contributed by atoms with van der Waals surface area (Å²) in [6.45, 7) is 6.45. The molecule has 3 fully saturated rings. The smallest absolute Gasteiger partial charge is 0.271 e. The summed E-state index contributed by atoms with van der Waals surface area (Å²) in [4.78, 5) is 58.1. The molecule has 2 saturated carbocycles. The molecule has 2 aromatic rings. The third-order valence-electron chi connectivity index (χ3n) is 8.98. The first-order valence-electron chi connectivity index (χ1n) is 13.9. The van der Waals surface area contributed by atoms with Crippen LogP contribution in [0.1, 0.15) is 76.2 Å². The lowest BCUT2D eigenvalue weighted by molar-refractivity contribution is -0.131. The molecular weight excluding hydrogens is 482 g/mol. The lowest BCUT2D eigenvalue weighted by atomic mass is 9.87. The van der Waals surface area contributed by atoms with Gasteiger partial charge in [-0.3, -0.25) is 19.2 Å². The van der Waals surface area contributed by atoms with Crippen LogP contribution in [0.2, 0.25) is 0 Å². The number of aromatic nitrogens is 1. The van der Waals surface area contributed by atoms with Gasteiger partial charge in [0.15, 0.2) is 5.78 Å². The van der Waals surface area contributed by atoms with Crippen LogP contribution >= 0.6 is 0 Å². The fraction of sp³-hybridized carbons (Fsp3) is 0.600. The number of rotatable bonds is 8. The zero-order valence-corrected chi connectivity index (χ0v) is 22.8. The molecule has 2 amide bonds. The van der Waals surface area contributed by atoms with E-state index in [0.717, 1.165) is 36.6 Å². The number of hydrogen-bond acceptors (Lipinski definition) is 5. The van der Waals surface area contributed by atoms with Crippen molar-refractivity contribution in [2.24, 2.45) is 23.2 Å². The molecule has 38 heavy (non-hydrogen) atoms. The molecule has 2 aliphatic carbocycles. The maximum Gasteiger partial charge on any atom is 0.271 e. The molecule has 1 aromatic carbocycles. The van der Waals surface area contributed by atoms with Gasteiger partial charge in [-0.25, -0.2) is 0 Å². The topological polar surface area (TPSA) is 109 Å². The zero-order valence-electron chi connectivity index (χ0n) is 22.8. The third kappa shape index (κ3) is 4.85. The highest BCUT2D eigenvalue weighted by atomic mass is 16.5. The largest absolute Gasteiger partial charge is 0.496 e. The van der Waals surface area contributed by atoms with E-state index in [9.17, 15) is 19.2 Å². The highest BCUT2D eigenvalue weighted by molar-refractivity contribution is 6.02. The summed E-state index contributed by atoms with van der Waals surface area (Å²) in [6.07, 6.45) is 4.74. The molecule has 0 spiro atoms. The average molecular weight is 522 g/mol. The molecular formula is C30H39N3O5. The summed E-state index contributed by atoms with van der Waals surface area (Å²) in [5.41, 5.74) is 1.13. The molecule has 1 aromatic heterocycles. The van der Waals surface area contributed by atoms with E-state index in [-0.39, 0.29) is 53.0 Å². The van der Waals surface area contributed by atoms with E-state index in [1.807, 2.05) is 18.2 Å². The van der Waals surface area contributed by atoms with Crippen molar-refractivity contribution in [2.45, 2.75) is 77.8 Å². The molecule has 3 aliphatic rings. The number of carbonyl (C=O) groups excluding carboxylic acids is 4. The van der Waals surface area contributed by atoms with Gasteiger partial charge in [0.1, 0.15) is 23.3 Å². The van der Waals surface area contributed by atoms with Crippen LogP contribution in [-0.2, 0) is 14.4 Å². The van der Waals surface area contributed by atoms with Gasteiger partial charge in [0.25, 0.3) is 5.91 Å². The molecule has 2 N–H and O–H groups in total. The van der Waals surface area contributed by atoms with E-state index >= 15 is 0 Å². The minimum Gasteiger partial charge on any atom is -0.496 e. The monoisotopic (exact) mass is 521 g/mol. The van der Waals surface area contributed by atoms with Crippen molar-refractivity contribution in [1.29, 1.82) is 0 Å². The minimum atomic E-state index is -0.718. The van der Waals surface area contributed by atoms with E-state index in [1.165, 1.54) is 0 Å². The van der Waals surface area contributed by atoms with Gasteiger partial charge in [-0.05, 0) is 61.1 Å². The van der Waals surface area contributed by atoms with Crippen molar-refractivity contribution in [3.8, 4) is 5.75 Å². The van der Waals surface area contributed by atoms with Crippen LogP contribution in [0.15, 0.2) is 24.3 Å². The first-order valence-corrected chi connectivity index (χ1v) is 13.9. The van der Waals surface area contributed by atoms with E-state index < -0.39 is 12.1 Å². The Labute approximate surface area is 223 Å². The number of Topliss-reactive ketones (excluding diaryl/α,β-unsaturated/α-hetero) is 2. The first kappa shape index (κ1) is 26.4. The number of amides is 2. The molecule has 8 heteroatoms. The van der Waals surface area contributed by atoms with Gasteiger partial charge < -0.3 is 19.9 Å². The van der Waals surface area contributed by atoms with Crippen molar-refractivity contribution in [2.75, 3.05) is 13.7 Å². The quantitative estimate of drug-likeness (QED) is 0.539. The Morgan fingerprint density at radius 1 is 1.24 bits per heavy atom. The number of fused-ring (bicyclic) bond motifs is 2. The molecule has 0 radical (unpaired) electrons. The highest BCUT2D eigenvalue weighted by Crippen LogP contribution is 2.44.